The Bertz CT molecular complexity index is 781. The number of thioether (sulfide) groups is 1. The summed E-state index contributed by atoms with van der Waals surface area (Å²) >= 11 is 1.77. The van der Waals surface area contributed by atoms with Crippen LogP contribution in [0.25, 0.3) is 0 Å². The number of hydrogen-bond donors (Lipinski definition) is 0. The zero-order valence-corrected chi connectivity index (χ0v) is 14.2. The van der Waals surface area contributed by atoms with Crippen molar-refractivity contribution < 1.29 is 14.3 Å². The predicted molar refractivity (Wildman–Crippen MR) is 93.0 cm³/mol. The third-order valence-electron chi connectivity index (χ3n) is 4.41. The van der Waals surface area contributed by atoms with Crippen LogP contribution in [0, 0.1) is 5.92 Å². The van der Waals surface area contributed by atoms with E-state index in [9.17, 15) is 4.79 Å². The minimum absolute atomic E-state index is 0.109. The summed E-state index contributed by atoms with van der Waals surface area (Å²) in [5.41, 5.74) is 1.94. The van der Waals surface area contributed by atoms with E-state index in [2.05, 4.69) is 4.98 Å². The second-order valence-corrected chi connectivity index (χ2v) is 7.00. The summed E-state index contributed by atoms with van der Waals surface area (Å²) in [7, 11) is 1.64. The van der Waals surface area contributed by atoms with E-state index < -0.39 is 0 Å². The highest BCUT2D eigenvalue weighted by Gasteiger charge is 2.32. The van der Waals surface area contributed by atoms with Gasteiger partial charge < -0.3 is 14.4 Å². The van der Waals surface area contributed by atoms with Gasteiger partial charge in [0.1, 0.15) is 18.1 Å². The fraction of sp³-hybridized carbons (Fsp3) is 0.333. The fourth-order valence-electron chi connectivity index (χ4n) is 3.17. The lowest BCUT2D eigenvalue weighted by atomic mass is 9.95. The van der Waals surface area contributed by atoms with Crippen molar-refractivity contribution in [1.29, 1.82) is 0 Å². The first-order chi connectivity index (χ1) is 11.8. The van der Waals surface area contributed by atoms with E-state index in [-0.39, 0.29) is 11.8 Å². The topological polar surface area (TPSA) is 51.7 Å². The van der Waals surface area contributed by atoms with Crippen LogP contribution in [0.1, 0.15) is 5.56 Å². The lowest BCUT2D eigenvalue weighted by Crippen LogP contribution is -2.43. The molecule has 4 rings (SSSR count). The average molecular weight is 342 g/mol. The van der Waals surface area contributed by atoms with Gasteiger partial charge in [-0.15, -0.1) is 11.8 Å². The molecule has 1 amide bonds. The van der Waals surface area contributed by atoms with Crippen molar-refractivity contribution in [3.8, 4) is 11.5 Å². The number of pyridine rings is 1. The zero-order valence-electron chi connectivity index (χ0n) is 13.4. The van der Waals surface area contributed by atoms with E-state index in [0.717, 1.165) is 33.4 Å². The summed E-state index contributed by atoms with van der Waals surface area (Å²) in [5.74, 6) is 2.46. The molecule has 1 atom stereocenters. The maximum atomic E-state index is 13.1. The van der Waals surface area contributed by atoms with E-state index in [1.165, 1.54) is 0 Å². The molecule has 1 aromatic heterocycles. The predicted octanol–water partition coefficient (Wildman–Crippen LogP) is 2.78. The number of hydrogen-bond acceptors (Lipinski definition) is 5. The first-order valence-electron chi connectivity index (χ1n) is 7.94. The number of benzene rings is 1. The van der Waals surface area contributed by atoms with Crippen LogP contribution in [-0.4, -0.2) is 36.9 Å². The maximum Gasteiger partial charge on any atom is 0.233 e. The minimum atomic E-state index is -0.180. The van der Waals surface area contributed by atoms with Crippen LogP contribution in [0.3, 0.4) is 0 Å². The summed E-state index contributed by atoms with van der Waals surface area (Å²) in [5, 5.41) is 0. The van der Waals surface area contributed by atoms with Gasteiger partial charge >= 0.3 is 0 Å². The molecule has 5 nitrogen and oxygen atoms in total. The molecule has 1 aromatic carbocycles. The third kappa shape index (κ3) is 2.71. The number of anilines is 1. The molecule has 24 heavy (non-hydrogen) atoms. The van der Waals surface area contributed by atoms with Crippen molar-refractivity contribution in [3.63, 3.8) is 0 Å². The van der Waals surface area contributed by atoms with Crippen LogP contribution in [0.5, 0.6) is 11.5 Å². The van der Waals surface area contributed by atoms with Crippen LogP contribution in [0.2, 0.25) is 0 Å². The van der Waals surface area contributed by atoms with E-state index in [1.807, 2.05) is 29.2 Å². The molecule has 124 valence electrons. The molecule has 0 bridgehead atoms. The van der Waals surface area contributed by atoms with Crippen molar-refractivity contribution in [3.05, 3.63) is 42.2 Å². The van der Waals surface area contributed by atoms with Gasteiger partial charge in [0, 0.05) is 23.4 Å². The van der Waals surface area contributed by atoms with Crippen molar-refractivity contribution in [2.75, 3.05) is 30.9 Å². The average Bonchev–Trinajstić information content (AvgIpc) is 2.66. The molecular formula is C18H18N2O3S. The molecule has 0 saturated carbocycles. The van der Waals surface area contributed by atoms with Crippen molar-refractivity contribution in [2.45, 2.75) is 11.3 Å². The molecule has 3 heterocycles. The second-order valence-electron chi connectivity index (χ2n) is 5.87. The monoisotopic (exact) mass is 342 g/mol. The van der Waals surface area contributed by atoms with Crippen molar-refractivity contribution >= 4 is 23.4 Å². The third-order valence-corrected chi connectivity index (χ3v) is 5.46. The smallest absolute Gasteiger partial charge is 0.233 e. The molecule has 0 saturated heterocycles. The van der Waals surface area contributed by atoms with Gasteiger partial charge in [-0.1, -0.05) is 0 Å². The van der Waals surface area contributed by atoms with Gasteiger partial charge in [0.2, 0.25) is 5.91 Å². The fourth-order valence-corrected chi connectivity index (χ4v) is 4.13. The molecule has 0 spiro atoms. The van der Waals surface area contributed by atoms with Gasteiger partial charge in [0.15, 0.2) is 0 Å². The molecule has 2 aromatic rings. The highest BCUT2D eigenvalue weighted by atomic mass is 32.2. The van der Waals surface area contributed by atoms with Crippen molar-refractivity contribution in [1.82, 2.24) is 4.98 Å². The number of carbonyl (C=O) groups is 1. The van der Waals surface area contributed by atoms with Gasteiger partial charge in [-0.2, -0.15) is 0 Å². The van der Waals surface area contributed by atoms with Gasteiger partial charge in [-0.25, -0.2) is 0 Å². The molecule has 0 N–H and O–H groups in total. The number of nitrogens with zero attached hydrogens (tertiary/aromatic N) is 2. The van der Waals surface area contributed by atoms with Crippen LogP contribution in [-0.2, 0) is 11.2 Å². The Morgan fingerprint density at radius 3 is 3.21 bits per heavy atom. The maximum absolute atomic E-state index is 13.1. The largest absolute Gasteiger partial charge is 0.497 e. The molecule has 2 aliphatic heterocycles. The van der Waals surface area contributed by atoms with Crippen LogP contribution in [0.15, 0.2) is 41.6 Å². The molecule has 0 aliphatic carbocycles. The van der Waals surface area contributed by atoms with Gasteiger partial charge in [-0.3, -0.25) is 9.78 Å². The summed E-state index contributed by atoms with van der Waals surface area (Å²) in [6.07, 6.45) is 4.22. The summed E-state index contributed by atoms with van der Waals surface area (Å²) in [6, 6.07) is 7.71. The van der Waals surface area contributed by atoms with Gasteiger partial charge in [0.05, 0.1) is 24.9 Å². The lowest BCUT2D eigenvalue weighted by molar-refractivity contribution is -0.123. The Morgan fingerprint density at radius 1 is 1.42 bits per heavy atom. The SMILES string of the molecule is COc1ccc2c(c1)CC(C(=O)N1CCSc3ccncc31)CO2. The Kier molecular flexibility index (Phi) is 4.06. The second kappa shape index (κ2) is 6.36. The molecule has 0 fully saturated rings. The number of aromatic nitrogens is 1. The van der Waals surface area contributed by atoms with Crippen LogP contribution in [0.4, 0.5) is 5.69 Å². The number of carbonyl (C=O) groups excluding carboxylic acids is 1. The van der Waals surface area contributed by atoms with Crippen LogP contribution >= 0.6 is 11.8 Å². The quantitative estimate of drug-likeness (QED) is 0.840. The number of methoxy groups -OCH3 is 1. The first-order valence-corrected chi connectivity index (χ1v) is 8.92. The first kappa shape index (κ1) is 15.3. The summed E-state index contributed by atoms with van der Waals surface area (Å²) < 4.78 is 11.1. The van der Waals surface area contributed by atoms with Gasteiger partial charge in [-0.05, 0) is 36.2 Å². The zero-order chi connectivity index (χ0) is 16.5. The Hall–Kier alpha value is -2.21. The summed E-state index contributed by atoms with van der Waals surface area (Å²) in [4.78, 5) is 20.2. The van der Waals surface area contributed by atoms with E-state index in [1.54, 1.807) is 31.3 Å². The number of fused-ring (bicyclic) bond motifs is 2. The number of rotatable bonds is 2. The van der Waals surface area contributed by atoms with E-state index in [0.29, 0.717) is 19.6 Å². The molecule has 0 radical (unpaired) electrons. The molecule has 6 heteroatoms. The molecule has 2 aliphatic rings. The Morgan fingerprint density at radius 2 is 2.33 bits per heavy atom. The summed E-state index contributed by atoms with van der Waals surface area (Å²) in [6.45, 7) is 1.13. The highest BCUT2D eigenvalue weighted by molar-refractivity contribution is 7.99. The lowest BCUT2D eigenvalue weighted by Gasteiger charge is -2.33. The van der Waals surface area contributed by atoms with Gasteiger partial charge in [0.25, 0.3) is 0 Å². The molecular weight excluding hydrogens is 324 g/mol. The minimum Gasteiger partial charge on any atom is -0.497 e. The Balaban J connectivity index is 1.58. The standard InChI is InChI=1S/C18H18N2O3S/c1-22-14-2-3-16-12(9-14)8-13(11-23-16)18(21)20-6-7-24-17-4-5-19-10-15(17)20/h2-5,9-10,13H,6-8,11H2,1H3. The van der Waals surface area contributed by atoms with Crippen molar-refractivity contribution in [2.24, 2.45) is 5.92 Å². The number of amides is 1. The highest BCUT2D eigenvalue weighted by Crippen LogP contribution is 2.36. The van der Waals surface area contributed by atoms with Crippen LogP contribution < -0.4 is 14.4 Å². The molecule has 1 unspecified atom stereocenters. The van der Waals surface area contributed by atoms with E-state index in [4.69, 9.17) is 9.47 Å². The number of ether oxygens (including phenoxy) is 2. The normalized spacial score (nSPS) is 19.0. The van der Waals surface area contributed by atoms with E-state index >= 15 is 0 Å². The Labute approximate surface area is 145 Å².